The van der Waals surface area contributed by atoms with Crippen LogP contribution in [0.2, 0.25) is 0 Å². The van der Waals surface area contributed by atoms with Crippen LogP contribution in [0.3, 0.4) is 0 Å². The Bertz CT molecular complexity index is 393. The van der Waals surface area contributed by atoms with Crippen molar-refractivity contribution in [1.82, 2.24) is 0 Å². The first kappa shape index (κ1) is 10.8. The van der Waals surface area contributed by atoms with Crippen LogP contribution >= 0.6 is 0 Å². The van der Waals surface area contributed by atoms with Crippen molar-refractivity contribution in [2.75, 3.05) is 6.61 Å². The summed E-state index contributed by atoms with van der Waals surface area (Å²) in [6, 6.07) is 8.01. The number of rotatable bonds is 4. The van der Waals surface area contributed by atoms with Crippen molar-refractivity contribution in [3.8, 4) is 5.75 Å². The molecule has 1 aliphatic heterocycles. The fraction of sp³-hybridized carbons (Fsp3) is 0.286. The van der Waals surface area contributed by atoms with Crippen molar-refractivity contribution in [3.05, 3.63) is 54.3 Å². The van der Waals surface area contributed by atoms with E-state index in [0.29, 0.717) is 0 Å². The van der Waals surface area contributed by atoms with Crippen LogP contribution in [0, 0.1) is 0 Å². The summed E-state index contributed by atoms with van der Waals surface area (Å²) in [4.78, 5) is 0. The minimum atomic E-state index is -0.0296. The largest absolute Gasteiger partial charge is 0.493 e. The molecule has 1 aromatic carbocycles. The highest BCUT2D eigenvalue weighted by Crippen LogP contribution is 2.30. The zero-order valence-corrected chi connectivity index (χ0v) is 9.43. The van der Waals surface area contributed by atoms with Gasteiger partial charge in [-0.05, 0) is 24.6 Å². The lowest BCUT2D eigenvalue weighted by atomic mass is 10.1. The Morgan fingerprint density at radius 1 is 1.25 bits per heavy atom. The monoisotopic (exact) mass is 216 g/mol. The number of hydrogen-bond donors (Lipinski definition) is 0. The van der Waals surface area contributed by atoms with Crippen molar-refractivity contribution >= 4 is 0 Å². The number of hydrogen-bond acceptors (Lipinski definition) is 2. The predicted octanol–water partition coefficient (Wildman–Crippen LogP) is 3.62. The Morgan fingerprint density at radius 3 is 2.88 bits per heavy atom. The van der Waals surface area contributed by atoms with Crippen LogP contribution in [0.5, 0.6) is 5.75 Å². The number of allylic oxidation sites excluding steroid dienone is 2. The molecule has 16 heavy (non-hydrogen) atoms. The summed E-state index contributed by atoms with van der Waals surface area (Å²) in [5.41, 5.74) is 1.08. The molecule has 0 radical (unpaired) electrons. The smallest absolute Gasteiger partial charge is 0.145 e. The van der Waals surface area contributed by atoms with E-state index < -0.39 is 0 Å². The molecule has 0 aromatic heterocycles. The summed E-state index contributed by atoms with van der Waals surface area (Å²) in [7, 11) is 0. The highest BCUT2D eigenvalue weighted by atomic mass is 16.5. The molecule has 2 heteroatoms. The van der Waals surface area contributed by atoms with Gasteiger partial charge in [-0.1, -0.05) is 31.2 Å². The molecular weight excluding hydrogens is 200 g/mol. The SMILES string of the molecule is CCCOc1ccccc1C1C=CC=CO1. The molecule has 1 aliphatic rings. The van der Waals surface area contributed by atoms with Gasteiger partial charge in [0.1, 0.15) is 11.9 Å². The Labute approximate surface area is 96.2 Å². The molecule has 0 fully saturated rings. The van der Waals surface area contributed by atoms with Gasteiger partial charge in [0.15, 0.2) is 0 Å². The van der Waals surface area contributed by atoms with E-state index >= 15 is 0 Å². The third-order valence-electron chi connectivity index (χ3n) is 2.39. The van der Waals surface area contributed by atoms with Crippen molar-refractivity contribution in [3.63, 3.8) is 0 Å². The van der Waals surface area contributed by atoms with E-state index in [1.807, 2.05) is 42.5 Å². The van der Waals surface area contributed by atoms with Gasteiger partial charge >= 0.3 is 0 Å². The third-order valence-corrected chi connectivity index (χ3v) is 2.39. The third kappa shape index (κ3) is 2.45. The molecule has 0 amide bonds. The molecule has 0 bridgehead atoms. The predicted molar refractivity (Wildman–Crippen MR) is 64.3 cm³/mol. The number of ether oxygens (including phenoxy) is 2. The lowest BCUT2D eigenvalue weighted by molar-refractivity contribution is 0.180. The van der Waals surface area contributed by atoms with E-state index in [1.54, 1.807) is 6.26 Å². The first-order valence-electron chi connectivity index (χ1n) is 5.62. The summed E-state index contributed by atoms with van der Waals surface area (Å²) in [6.07, 6.45) is 8.58. The minimum Gasteiger partial charge on any atom is -0.493 e. The van der Waals surface area contributed by atoms with Crippen LogP contribution in [-0.4, -0.2) is 6.61 Å². The van der Waals surface area contributed by atoms with Crippen LogP contribution in [0.15, 0.2) is 48.8 Å². The quantitative estimate of drug-likeness (QED) is 0.765. The number of para-hydroxylation sites is 1. The molecule has 0 spiro atoms. The Hall–Kier alpha value is -1.70. The van der Waals surface area contributed by atoms with E-state index in [9.17, 15) is 0 Å². The molecule has 84 valence electrons. The Balaban J connectivity index is 2.18. The topological polar surface area (TPSA) is 18.5 Å². The van der Waals surface area contributed by atoms with Crippen LogP contribution < -0.4 is 4.74 Å². The van der Waals surface area contributed by atoms with Gasteiger partial charge in [0.25, 0.3) is 0 Å². The van der Waals surface area contributed by atoms with E-state index in [4.69, 9.17) is 9.47 Å². The molecule has 0 aliphatic carbocycles. The van der Waals surface area contributed by atoms with Gasteiger partial charge in [-0.15, -0.1) is 0 Å². The van der Waals surface area contributed by atoms with E-state index in [-0.39, 0.29) is 6.10 Å². The van der Waals surface area contributed by atoms with E-state index in [0.717, 1.165) is 24.3 Å². The summed E-state index contributed by atoms with van der Waals surface area (Å²) < 4.78 is 11.2. The van der Waals surface area contributed by atoms with Gasteiger partial charge < -0.3 is 9.47 Å². The normalized spacial score (nSPS) is 18.2. The van der Waals surface area contributed by atoms with Crippen LogP contribution in [0.4, 0.5) is 0 Å². The summed E-state index contributed by atoms with van der Waals surface area (Å²) in [5, 5.41) is 0. The fourth-order valence-corrected chi connectivity index (χ4v) is 1.62. The zero-order chi connectivity index (χ0) is 11.2. The molecule has 1 unspecified atom stereocenters. The second-order valence-electron chi connectivity index (χ2n) is 3.66. The molecular formula is C14H16O2. The van der Waals surface area contributed by atoms with E-state index in [2.05, 4.69) is 6.92 Å². The van der Waals surface area contributed by atoms with Crippen LogP contribution in [-0.2, 0) is 4.74 Å². The van der Waals surface area contributed by atoms with Gasteiger partial charge in [-0.2, -0.15) is 0 Å². The molecule has 2 nitrogen and oxygen atoms in total. The fourth-order valence-electron chi connectivity index (χ4n) is 1.62. The molecule has 0 N–H and O–H groups in total. The highest BCUT2D eigenvalue weighted by Gasteiger charge is 2.14. The van der Waals surface area contributed by atoms with Crippen LogP contribution in [0.25, 0.3) is 0 Å². The average molecular weight is 216 g/mol. The second kappa shape index (κ2) is 5.40. The van der Waals surface area contributed by atoms with Gasteiger partial charge in [0.2, 0.25) is 0 Å². The summed E-state index contributed by atoms with van der Waals surface area (Å²) in [6.45, 7) is 2.84. The van der Waals surface area contributed by atoms with Crippen molar-refractivity contribution in [1.29, 1.82) is 0 Å². The van der Waals surface area contributed by atoms with Gasteiger partial charge in [0, 0.05) is 5.56 Å². The first-order valence-corrected chi connectivity index (χ1v) is 5.62. The summed E-state index contributed by atoms with van der Waals surface area (Å²) >= 11 is 0. The maximum Gasteiger partial charge on any atom is 0.145 e. The average Bonchev–Trinajstić information content (AvgIpc) is 2.38. The molecule has 1 aromatic rings. The molecule has 2 rings (SSSR count). The van der Waals surface area contributed by atoms with Gasteiger partial charge in [-0.25, -0.2) is 0 Å². The molecule has 0 saturated heterocycles. The van der Waals surface area contributed by atoms with Gasteiger partial charge in [-0.3, -0.25) is 0 Å². The first-order chi connectivity index (χ1) is 7.92. The second-order valence-corrected chi connectivity index (χ2v) is 3.66. The van der Waals surface area contributed by atoms with Crippen molar-refractivity contribution < 1.29 is 9.47 Å². The van der Waals surface area contributed by atoms with E-state index in [1.165, 1.54) is 0 Å². The maximum atomic E-state index is 5.70. The number of benzene rings is 1. The Kier molecular flexibility index (Phi) is 3.65. The minimum absolute atomic E-state index is 0.0296. The van der Waals surface area contributed by atoms with Gasteiger partial charge in [0.05, 0.1) is 12.9 Å². The van der Waals surface area contributed by atoms with Crippen LogP contribution in [0.1, 0.15) is 25.0 Å². The maximum absolute atomic E-state index is 5.70. The lowest BCUT2D eigenvalue weighted by Gasteiger charge is -2.18. The molecule has 1 atom stereocenters. The Morgan fingerprint density at radius 2 is 2.12 bits per heavy atom. The zero-order valence-electron chi connectivity index (χ0n) is 9.43. The van der Waals surface area contributed by atoms with Crippen molar-refractivity contribution in [2.45, 2.75) is 19.4 Å². The summed E-state index contributed by atoms with van der Waals surface area (Å²) in [5.74, 6) is 0.911. The van der Waals surface area contributed by atoms with Crippen molar-refractivity contribution in [2.24, 2.45) is 0 Å². The standard InChI is InChI=1S/C14H16O2/c1-2-10-15-13-8-4-3-7-12(13)14-9-5-6-11-16-14/h3-9,11,14H,2,10H2,1H3. The highest BCUT2D eigenvalue weighted by molar-refractivity contribution is 5.38. The lowest BCUT2D eigenvalue weighted by Crippen LogP contribution is -2.04. The molecule has 0 saturated carbocycles. The molecule has 1 heterocycles.